The second-order valence-electron chi connectivity index (χ2n) is 6.14. The van der Waals surface area contributed by atoms with Gasteiger partial charge in [0.15, 0.2) is 0 Å². The zero-order chi connectivity index (χ0) is 18.5. The molecule has 6 nitrogen and oxygen atoms in total. The number of aromatic nitrogens is 4. The molecule has 3 aromatic rings. The van der Waals surface area contributed by atoms with Crippen molar-refractivity contribution in [3.8, 4) is 16.9 Å². The van der Waals surface area contributed by atoms with Gasteiger partial charge < -0.3 is 5.73 Å². The number of carbonyl (C=O) groups excluding carboxylic acids is 1. The highest BCUT2D eigenvalue weighted by atomic mass is 19.4. The van der Waals surface area contributed by atoms with Gasteiger partial charge in [0.25, 0.3) is 0 Å². The van der Waals surface area contributed by atoms with Crippen molar-refractivity contribution >= 4 is 5.91 Å². The third-order valence-corrected chi connectivity index (χ3v) is 4.45. The molecule has 0 saturated heterocycles. The topological polar surface area (TPSA) is 89.6 Å². The van der Waals surface area contributed by atoms with E-state index >= 15 is 0 Å². The Balaban J connectivity index is 1.87. The number of hydrogen-bond acceptors (Lipinski definition) is 3. The van der Waals surface area contributed by atoms with Crippen LogP contribution in [0.5, 0.6) is 0 Å². The summed E-state index contributed by atoms with van der Waals surface area (Å²) in [6.45, 7) is 0. The van der Waals surface area contributed by atoms with E-state index in [1.54, 1.807) is 10.9 Å². The van der Waals surface area contributed by atoms with Gasteiger partial charge in [-0.1, -0.05) is 0 Å². The summed E-state index contributed by atoms with van der Waals surface area (Å²) in [4.78, 5) is 11.4. The summed E-state index contributed by atoms with van der Waals surface area (Å²) in [7, 11) is 0. The lowest BCUT2D eigenvalue weighted by Crippen LogP contribution is -2.15. The fourth-order valence-electron chi connectivity index (χ4n) is 3.28. The van der Waals surface area contributed by atoms with Crippen molar-refractivity contribution in [1.82, 2.24) is 20.0 Å². The van der Waals surface area contributed by atoms with Gasteiger partial charge in [0.05, 0.1) is 35.3 Å². The quantitative estimate of drug-likeness (QED) is 0.751. The lowest BCUT2D eigenvalue weighted by Gasteiger charge is -2.15. The van der Waals surface area contributed by atoms with E-state index in [0.29, 0.717) is 24.2 Å². The molecule has 26 heavy (non-hydrogen) atoms. The normalized spacial score (nSPS) is 13.3. The fraction of sp³-hybridized carbons (Fsp3) is 0.235. The summed E-state index contributed by atoms with van der Waals surface area (Å²) < 4.78 is 40.0. The van der Waals surface area contributed by atoms with Crippen molar-refractivity contribution in [3.63, 3.8) is 0 Å². The molecular weight excluding hydrogens is 347 g/mol. The van der Waals surface area contributed by atoms with Crippen molar-refractivity contribution in [3.05, 3.63) is 53.0 Å². The summed E-state index contributed by atoms with van der Waals surface area (Å²) in [6, 6.07) is 4.74. The van der Waals surface area contributed by atoms with E-state index in [4.69, 9.17) is 5.73 Å². The van der Waals surface area contributed by atoms with Crippen LogP contribution in [0.3, 0.4) is 0 Å². The van der Waals surface area contributed by atoms with E-state index in [1.807, 2.05) is 0 Å². The van der Waals surface area contributed by atoms with Gasteiger partial charge in [0.1, 0.15) is 0 Å². The Morgan fingerprint density at radius 1 is 1.23 bits per heavy atom. The van der Waals surface area contributed by atoms with Gasteiger partial charge in [-0.05, 0) is 37.1 Å². The van der Waals surface area contributed by atoms with Gasteiger partial charge in [-0.15, -0.1) is 0 Å². The summed E-state index contributed by atoms with van der Waals surface area (Å²) in [5.74, 6) is -0.511. The Morgan fingerprint density at radius 3 is 2.62 bits per heavy atom. The number of rotatable bonds is 3. The Hall–Kier alpha value is -3.10. The molecule has 0 bridgehead atoms. The number of benzene rings is 1. The van der Waals surface area contributed by atoms with Crippen LogP contribution in [0.1, 0.15) is 22.5 Å². The number of amides is 1. The van der Waals surface area contributed by atoms with Crippen molar-refractivity contribution < 1.29 is 18.0 Å². The van der Waals surface area contributed by atoms with Gasteiger partial charge in [0.2, 0.25) is 5.91 Å². The Kier molecular flexibility index (Phi) is 3.60. The number of fused-ring (bicyclic) bond motifs is 3. The van der Waals surface area contributed by atoms with Crippen molar-refractivity contribution in [2.24, 2.45) is 5.73 Å². The van der Waals surface area contributed by atoms with Gasteiger partial charge in [-0.3, -0.25) is 9.89 Å². The average Bonchev–Trinajstić information content (AvgIpc) is 3.18. The monoisotopic (exact) mass is 361 g/mol. The molecule has 134 valence electrons. The van der Waals surface area contributed by atoms with Crippen LogP contribution in [0, 0.1) is 0 Å². The lowest BCUT2D eigenvalue weighted by molar-refractivity contribution is -0.137. The minimum absolute atomic E-state index is 0.0247. The molecule has 0 unspecified atom stereocenters. The molecule has 1 aromatic carbocycles. The maximum absolute atomic E-state index is 12.8. The first-order valence-corrected chi connectivity index (χ1v) is 7.94. The molecule has 1 amide bonds. The van der Waals surface area contributed by atoms with E-state index < -0.39 is 17.6 Å². The number of hydrogen-bond donors (Lipinski definition) is 2. The second-order valence-corrected chi connectivity index (χ2v) is 6.14. The molecular formula is C17H14F3N5O. The molecule has 0 spiro atoms. The number of primary amides is 1. The number of alkyl halides is 3. The maximum Gasteiger partial charge on any atom is 0.416 e. The number of nitrogens with two attached hydrogens (primary N) is 1. The third-order valence-electron chi connectivity index (χ3n) is 4.45. The standard InChI is InChI=1S/C17H14F3N5O/c18-17(19,20)9-1-3-10(4-2-9)25-16-11(14(24-25)7-15(21)26)5-6-13-12(16)8-22-23-13/h1-4,8H,5-7H2,(H2,21,26)(H,22,23). The first-order chi connectivity index (χ1) is 12.3. The van der Waals surface area contributed by atoms with Crippen molar-refractivity contribution in [2.75, 3.05) is 0 Å². The molecule has 2 heterocycles. The minimum atomic E-state index is -4.41. The molecule has 1 aliphatic rings. The lowest BCUT2D eigenvalue weighted by atomic mass is 9.93. The predicted molar refractivity (Wildman–Crippen MR) is 86.5 cm³/mol. The van der Waals surface area contributed by atoms with E-state index in [1.165, 1.54) is 12.1 Å². The van der Waals surface area contributed by atoms with E-state index in [2.05, 4.69) is 15.3 Å². The molecule has 0 radical (unpaired) electrons. The van der Waals surface area contributed by atoms with Crippen LogP contribution in [0.4, 0.5) is 13.2 Å². The minimum Gasteiger partial charge on any atom is -0.369 e. The van der Waals surface area contributed by atoms with Crippen LogP contribution in [0.2, 0.25) is 0 Å². The van der Waals surface area contributed by atoms with Crippen LogP contribution in [0.15, 0.2) is 30.5 Å². The number of H-pyrrole nitrogens is 1. The Bertz CT molecular complexity index is 985. The highest BCUT2D eigenvalue weighted by Crippen LogP contribution is 2.37. The largest absolute Gasteiger partial charge is 0.416 e. The highest BCUT2D eigenvalue weighted by molar-refractivity contribution is 5.79. The van der Waals surface area contributed by atoms with E-state index in [9.17, 15) is 18.0 Å². The van der Waals surface area contributed by atoms with Crippen molar-refractivity contribution in [2.45, 2.75) is 25.4 Å². The molecule has 2 aromatic heterocycles. The third kappa shape index (κ3) is 2.65. The molecule has 1 aliphatic carbocycles. The van der Waals surface area contributed by atoms with Gasteiger partial charge in [-0.25, -0.2) is 4.68 Å². The summed E-state index contributed by atoms with van der Waals surface area (Å²) in [6.07, 6.45) is -1.41. The van der Waals surface area contributed by atoms with Crippen LogP contribution in [-0.4, -0.2) is 25.9 Å². The maximum atomic E-state index is 12.8. The summed E-state index contributed by atoms with van der Waals surface area (Å²) in [5.41, 5.74) is 8.96. The zero-order valence-corrected chi connectivity index (χ0v) is 13.5. The van der Waals surface area contributed by atoms with Gasteiger partial charge in [0, 0.05) is 16.8 Å². The van der Waals surface area contributed by atoms with Crippen LogP contribution in [-0.2, 0) is 30.2 Å². The molecule has 3 N–H and O–H groups in total. The van der Waals surface area contributed by atoms with E-state index in [0.717, 1.165) is 34.6 Å². The molecule has 0 atom stereocenters. The molecule has 0 aliphatic heterocycles. The summed E-state index contributed by atoms with van der Waals surface area (Å²) in [5, 5.41) is 11.4. The number of nitrogens with zero attached hydrogens (tertiary/aromatic N) is 3. The predicted octanol–water partition coefficient (Wildman–Crippen LogP) is 2.41. The Labute approximate surface area is 145 Å². The van der Waals surface area contributed by atoms with Gasteiger partial charge in [-0.2, -0.15) is 23.4 Å². The van der Waals surface area contributed by atoms with Crippen LogP contribution < -0.4 is 5.73 Å². The first kappa shape index (κ1) is 16.4. The average molecular weight is 361 g/mol. The van der Waals surface area contributed by atoms with Crippen LogP contribution in [0.25, 0.3) is 16.9 Å². The number of aryl methyl sites for hydroxylation is 1. The highest BCUT2D eigenvalue weighted by Gasteiger charge is 2.31. The number of nitrogens with one attached hydrogen (secondary N) is 1. The van der Waals surface area contributed by atoms with E-state index in [-0.39, 0.29) is 6.42 Å². The Morgan fingerprint density at radius 2 is 1.96 bits per heavy atom. The molecule has 0 saturated carbocycles. The number of aromatic amines is 1. The summed E-state index contributed by atoms with van der Waals surface area (Å²) >= 11 is 0. The van der Waals surface area contributed by atoms with Crippen molar-refractivity contribution in [1.29, 1.82) is 0 Å². The zero-order valence-electron chi connectivity index (χ0n) is 13.5. The second kappa shape index (κ2) is 5.72. The molecule has 4 rings (SSSR count). The van der Waals surface area contributed by atoms with Gasteiger partial charge >= 0.3 is 6.18 Å². The molecule has 9 heteroatoms. The first-order valence-electron chi connectivity index (χ1n) is 7.94. The SMILES string of the molecule is NC(=O)Cc1nn(-c2ccc(C(F)(F)F)cc2)c2c1CCc1[nH]ncc1-2. The van der Waals surface area contributed by atoms with Crippen LogP contribution >= 0.6 is 0 Å². The number of carbonyl (C=O) groups is 1. The molecule has 0 fully saturated rings. The number of halogens is 3. The smallest absolute Gasteiger partial charge is 0.369 e. The fourth-order valence-corrected chi connectivity index (χ4v) is 3.28.